The molecule has 0 aliphatic heterocycles. The van der Waals surface area contributed by atoms with E-state index in [2.05, 4.69) is 6.92 Å². The average molecular weight is 286 g/mol. The number of alkyl halides is 3. The van der Waals surface area contributed by atoms with E-state index >= 15 is 0 Å². The average Bonchev–Trinajstić information content (AvgIpc) is 2.46. The third-order valence-corrected chi connectivity index (χ3v) is 4.41. The highest BCUT2D eigenvalue weighted by Crippen LogP contribution is 2.43. The van der Waals surface area contributed by atoms with Crippen molar-refractivity contribution in [3.8, 4) is 0 Å². The van der Waals surface area contributed by atoms with Gasteiger partial charge in [0.25, 0.3) is 0 Å². The molecule has 1 aliphatic carbocycles. The minimum absolute atomic E-state index is 0.0546. The van der Waals surface area contributed by atoms with Crippen molar-refractivity contribution in [3.05, 3.63) is 35.4 Å². The molecule has 2 rings (SSSR count). The van der Waals surface area contributed by atoms with Gasteiger partial charge < -0.3 is 5.11 Å². The SMILES string of the molecule is CCc1ccc(C(O)C2CCC(C(F)(F)F)CC2)cc1. The van der Waals surface area contributed by atoms with Gasteiger partial charge in [0, 0.05) is 0 Å². The Labute approximate surface area is 117 Å². The summed E-state index contributed by atoms with van der Waals surface area (Å²) in [7, 11) is 0. The Morgan fingerprint density at radius 3 is 2.10 bits per heavy atom. The quantitative estimate of drug-likeness (QED) is 0.857. The molecule has 0 spiro atoms. The summed E-state index contributed by atoms with van der Waals surface area (Å²) in [6.45, 7) is 2.06. The summed E-state index contributed by atoms with van der Waals surface area (Å²) in [6, 6.07) is 7.72. The lowest BCUT2D eigenvalue weighted by Crippen LogP contribution is -2.29. The van der Waals surface area contributed by atoms with E-state index < -0.39 is 18.2 Å². The van der Waals surface area contributed by atoms with Crippen LogP contribution in [-0.4, -0.2) is 11.3 Å². The van der Waals surface area contributed by atoms with Crippen LogP contribution in [0, 0.1) is 11.8 Å². The zero-order valence-corrected chi connectivity index (χ0v) is 11.7. The summed E-state index contributed by atoms with van der Waals surface area (Å²) in [5, 5.41) is 10.3. The van der Waals surface area contributed by atoms with E-state index in [1.165, 1.54) is 5.56 Å². The number of aliphatic hydroxyl groups excluding tert-OH is 1. The molecule has 1 aromatic carbocycles. The van der Waals surface area contributed by atoms with Crippen molar-refractivity contribution in [2.75, 3.05) is 0 Å². The normalized spacial score (nSPS) is 25.4. The molecular formula is C16H21F3O. The molecule has 0 aromatic heterocycles. The van der Waals surface area contributed by atoms with Crippen LogP contribution in [0.1, 0.15) is 49.8 Å². The molecule has 1 N–H and O–H groups in total. The summed E-state index contributed by atoms with van der Waals surface area (Å²) in [4.78, 5) is 0. The Balaban J connectivity index is 1.95. The molecule has 0 radical (unpaired) electrons. The number of hydrogen-bond donors (Lipinski definition) is 1. The van der Waals surface area contributed by atoms with Crippen LogP contribution in [-0.2, 0) is 6.42 Å². The zero-order valence-electron chi connectivity index (χ0n) is 11.7. The van der Waals surface area contributed by atoms with Crippen molar-refractivity contribution in [1.82, 2.24) is 0 Å². The van der Waals surface area contributed by atoms with Crippen molar-refractivity contribution in [1.29, 1.82) is 0 Å². The number of hydrogen-bond acceptors (Lipinski definition) is 1. The van der Waals surface area contributed by atoms with Gasteiger partial charge in [-0.3, -0.25) is 0 Å². The Kier molecular flexibility index (Phi) is 4.74. The van der Waals surface area contributed by atoms with Gasteiger partial charge in [-0.2, -0.15) is 13.2 Å². The van der Waals surface area contributed by atoms with Gasteiger partial charge in [0.05, 0.1) is 12.0 Å². The minimum Gasteiger partial charge on any atom is -0.388 e. The first-order valence-electron chi connectivity index (χ1n) is 7.25. The van der Waals surface area contributed by atoms with Crippen LogP contribution >= 0.6 is 0 Å². The van der Waals surface area contributed by atoms with Crippen molar-refractivity contribution in [2.24, 2.45) is 11.8 Å². The van der Waals surface area contributed by atoms with E-state index in [-0.39, 0.29) is 18.8 Å². The summed E-state index contributed by atoms with van der Waals surface area (Å²) in [5.41, 5.74) is 2.01. The van der Waals surface area contributed by atoms with Gasteiger partial charge in [0.1, 0.15) is 0 Å². The molecule has 0 bridgehead atoms. The first kappa shape index (κ1) is 15.4. The maximum atomic E-state index is 12.6. The predicted molar refractivity (Wildman–Crippen MR) is 72.3 cm³/mol. The monoisotopic (exact) mass is 286 g/mol. The van der Waals surface area contributed by atoms with Gasteiger partial charge >= 0.3 is 6.18 Å². The second kappa shape index (κ2) is 6.17. The maximum Gasteiger partial charge on any atom is 0.391 e. The number of aryl methyl sites for hydroxylation is 1. The van der Waals surface area contributed by atoms with Gasteiger partial charge in [-0.15, -0.1) is 0 Å². The topological polar surface area (TPSA) is 20.2 Å². The van der Waals surface area contributed by atoms with Gasteiger partial charge in [0.15, 0.2) is 0 Å². The number of benzene rings is 1. The molecule has 1 saturated carbocycles. The molecule has 112 valence electrons. The minimum atomic E-state index is -4.08. The molecule has 1 atom stereocenters. The summed E-state index contributed by atoms with van der Waals surface area (Å²) in [5.74, 6) is -1.24. The molecular weight excluding hydrogens is 265 g/mol. The lowest BCUT2D eigenvalue weighted by molar-refractivity contribution is -0.185. The van der Waals surface area contributed by atoms with Gasteiger partial charge in [-0.25, -0.2) is 0 Å². The van der Waals surface area contributed by atoms with Gasteiger partial charge in [-0.05, 0) is 49.1 Å². The maximum absolute atomic E-state index is 12.6. The number of halogens is 3. The van der Waals surface area contributed by atoms with Crippen LogP contribution < -0.4 is 0 Å². The molecule has 4 heteroatoms. The molecule has 1 aromatic rings. The van der Waals surface area contributed by atoms with Crippen molar-refractivity contribution >= 4 is 0 Å². The highest BCUT2D eigenvalue weighted by atomic mass is 19.4. The summed E-state index contributed by atoms with van der Waals surface area (Å²) < 4.78 is 37.8. The standard InChI is InChI=1S/C16H21F3O/c1-2-11-3-5-12(6-4-11)15(20)13-7-9-14(10-8-13)16(17,18)19/h3-6,13-15,20H,2,7-10H2,1H3. The first-order chi connectivity index (χ1) is 9.41. The van der Waals surface area contributed by atoms with Crippen LogP contribution in [0.2, 0.25) is 0 Å². The van der Waals surface area contributed by atoms with E-state index in [1.807, 2.05) is 24.3 Å². The van der Waals surface area contributed by atoms with Crippen molar-refractivity contribution < 1.29 is 18.3 Å². The van der Waals surface area contributed by atoms with E-state index in [0.717, 1.165) is 12.0 Å². The lowest BCUT2D eigenvalue weighted by atomic mass is 9.77. The molecule has 20 heavy (non-hydrogen) atoms. The highest BCUT2D eigenvalue weighted by Gasteiger charge is 2.42. The van der Waals surface area contributed by atoms with Crippen LogP contribution in [0.15, 0.2) is 24.3 Å². The second-order valence-electron chi connectivity index (χ2n) is 5.69. The molecule has 1 aliphatic rings. The number of rotatable bonds is 3. The van der Waals surface area contributed by atoms with Crippen molar-refractivity contribution in [3.63, 3.8) is 0 Å². The number of aliphatic hydroxyl groups is 1. The fraction of sp³-hybridized carbons (Fsp3) is 0.625. The lowest BCUT2D eigenvalue weighted by Gasteiger charge is -2.32. The fourth-order valence-corrected chi connectivity index (χ4v) is 2.98. The van der Waals surface area contributed by atoms with Crippen LogP contribution in [0.4, 0.5) is 13.2 Å². The van der Waals surface area contributed by atoms with E-state index in [4.69, 9.17) is 0 Å². The summed E-state index contributed by atoms with van der Waals surface area (Å²) in [6.07, 6.45) is -2.63. The van der Waals surface area contributed by atoms with Gasteiger partial charge in [-0.1, -0.05) is 31.2 Å². The molecule has 1 fully saturated rings. The Morgan fingerprint density at radius 2 is 1.65 bits per heavy atom. The van der Waals surface area contributed by atoms with Crippen LogP contribution in [0.3, 0.4) is 0 Å². The third-order valence-electron chi connectivity index (χ3n) is 4.41. The largest absolute Gasteiger partial charge is 0.391 e. The fourth-order valence-electron chi connectivity index (χ4n) is 2.98. The smallest absolute Gasteiger partial charge is 0.388 e. The molecule has 1 nitrogen and oxygen atoms in total. The molecule has 1 unspecified atom stereocenters. The van der Waals surface area contributed by atoms with E-state index in [0.29, 0.717) is 12.8 Å². The third kappa shape index (κ3) is 3.54. The molecule has 0 amide bonds. The van der Waals surface area contributed by atoms with Gasteiger partial charge in [0.2, 0.25) is 0 Å². The highest BCUT2D eigenvalue weighted by molar-refractivity contribution is 5.24. The Hall–Kier alpha value is -1.03. The zero-order chi connectivity index (χ0) is 14.8. The first-order valence-corrected chi connectivity index (χ1v) is 7.25. The van der Waals surface area contributed by atoms with E-state index in [9.17, 15) is 18.3 Å². The summed E-state index contributed by atoms with van der Waals surface area (Å²) >= 11 is 0. The molecule has 0 saturated heterocycles. The van der Waals surface area contributed by atoms with Crippen LogP contribution in [0.5, 0.6) is 0 Å². The molecule has 0 heterocycles. The predicted octanol–water partition coefficient (Wildman–Crippen LogP) is 4.65. The second-order valence-corrected chi connectivity index (χ2v) is 5.69. The Bertz CT molecular complexity index is 416. The van der Waals surface area contributed by atoms with Crippen LogP contribution in [0.25, 0.3) is 0 Å². The van der Waals surface area contributed by atoms with Crippen molar-refractivity contribution in [2.45, 2.75) is 51.3 Å². The Morgan fingerprint density at radius 1 is 1.10 bits per heavy atom. The van der Waals surface area contributed by atoms with E-state index in [1.54, 1.807) is 0 Å².